The summed E-state index contributed by atoms with van der Waals surface area (Å²) in [5.74, 6) is 0.903. The average Bonchev–Trinajstić information content (AvgIpc) is 3.15. The molecule has 2 aromatic rings. The highest BCUT2D eigenvalue weighted by molar-refractivity contribution is 7.09. The third-order valence-corrected chi connectivity index (χ3v) is 5.46. The van der Waals surface area contributed by atoms with Gasteiger partial charge in [-0.15, -0.1) is 11.3 Å². The number of carbonyl (C=O) groups is 1. The zero-order valence-corrected chi connectivity index (χ0v) is 15.5. The number of urea groups is 1. The maximum Gasteiger partial charge on any atom is 0.317 e. The van der Waals surface area contributed by atoms with E-state index >= 15 is 0 Å². The smallest absolute Gasteiger partial charge is 0.317 e. The molecule has 1 fully saturated rings. The molecule has 1 aliphatic heterocycles. The predicted molar refractivity (Wildman–Crippen MR) is 98.1 cm³/mol. The van der Waals surface area contributed by atoms with Gasteiger partial charge in [0.2, 0.25) is 5.88 Å². The van der Waals surface area contributed by atoms with Crippen LogP contribution in [-0.2, 0) is 13.0 Å². The lowest BCUT2D eigenvalue weighted by molar-refractivity contribution is 0.179. The molecule has 0 radical (unpaired) electrons. The van der Waals surface area contributed by atoms with Gasteiger partial charge in [-0.3, -0.25) is 0 Å². The molecule has 2 aromatic heterocycles. The van der Waals surface area contributed by atoms with Gasteiger partial charge in [0.1, 0.15) is 0 Å². The Morgan fingerprint density at radius 2 is 2.28 bits per heavy atom. The Bertz CT molecular complexity index is 719. The van der Waals surface area contributed by atoms with Crippen LogP contribution in [0.2, 0.25) is 0 Å². The lowest BCUT2D eigenvalue weighted by atomic mass is 9.99. The van der Waals surface area contributed by atoms with E-state index in [0.717, 1.165) is 48.7 Å². The van der Waals surface area contributed by atoms with Crippen molar-refractivity contribution in [2.75, 3.05) is 20.2 Å². The fourth-order valence-electron chi connectivity index (χ4n) is 2.98. The highest BCUT2D eigenvalue weighted by atomic mass is 32.1. The molecule has 25 heavy (non-hydrogen) atoms. The number of likely N-dealkylation sites (tertiary alicyclic amines) is 1. The SMILES string of the molecule is CCc1csc(C2CCCN(C(=O)NCc3cccc(OC)n3)C2)n1. The van der Waals surface area contributed by atoms with Crippen molar-refractivity contribution in [3.05, 3.63) is 40.0 Å². The lowest BCUT2D eigenvalue weighted by Gasteiger charge is -2.31. The molecule has 1 atom stereocenters. The number of piperidine rings is 1. The Morgan fingerprint density at radius 3 is 3.04 bits per heavy atom. The van der Waals surface area contributed by atoms with Crippen molar-refractivity contribution in [2.24, 2.45) is 0 Å². The van der Waals surface area contributed by atoms with E-state index in [4.69, 9.17) is 9.72 Å². The number of hydrogen-bond acceptors (Lipinski definition) is 5. The van der Waals surface area contributed by atoms with Gasteiger partial charge in [-0.25, -0.2) is 14.8 Å². The molecule has 6 nitrogen and oxygen atoms in total. The Morgan fingerprint density at radius 1 is 1.40 bits per heavy atom. The fourth-order valence-corrected chi connectivity index (χ4v) is 4.01. The fraction of sp³-hybridized carbons (Fsp3) is 0.500. The molecule has 1 unspecified atom stereocenters. The minimum Gasteiger partial charge on any atom is -0.481 e. The van der Waals surface area contributed by atoms with Crippen LogP contribution in [-0.4, -0.2) is 41.1 Å². The number of rotatable bonds is 5. The first-order valence-electron chi connectivity index (χ1n) is 8.66. The van der Waals surface area contributed by atoms with Crippen LogP contribution >= 0.6 is 11.3 Å². The molecule has 0 aromatic carbocycles. The van der Waals surface area contributed by atoms with E-state index in [9.17, 15) is 4.79 Å². The maximum atomic E-state index is 12.5. The molecule has 2 amide bonds. The Labute approximate surface area is 152 Å². The Hall–Kier alpha value is -2.15. The Balaban J connectivity index is 1.56. The van der Waals surface area contributed by atoms with Crippen LogP contribution in [0.4, 0.5) is 4.79 Å². The largest absolute Gasteiger partial charge is 0.481 e. The normalized spacial score (nSPS) is 17.4. The van der Waals surface area contributed by atoms with E-state index < -0.39 is 0 Å². The van der Waals surface area contributed by atoms with Crippen LogP contribution in [0, 0.1) is 0 Å². The minimum atomic E-state index is -0.0402. The number of nitrogens with one attached hydrogen (secondary N) is 1. The zero-order chi connectivity index (χ0) is 17.6. The number of ether oxygens (including phenoxy) is 1. The predicted octanol–water partition coefficient (Wildman–Crippen LogP) is 3.20. The molecule has 0 spiro atoms. The second kappa shape index (κ2) is 8.29. The molecule has 3 rings (SSSR count). The topological polar surface area (TPSA) is 67.4 Å². The van der Waals surface area contributed by atoms with Crippen molar-refractivity contribution in [3.8, 4) is 5.88 Å². The number of carbonyl (C=O) groups excluding carboxylic acids is 1. The van der Waals surface area contributed by atoms with Gasteiger partial charge >= 0.3 is 6.03 Å². The first-order chi connectivity index (χ1) is 12.2. The van der Waals surface area contributed by atoms with E-state index in [0.29, 0.717) is 18.3 Å². The summed E-state index contributed by atoms with van der Waals surface area (Å²) >= 11 is 1.72. The van der Waals surface area contributed by atoms with E-state index in [1.165, 1.54) is 0 Å². The summed E-state index contributed by atoms with van der Waals surface area (Å²) in [5.41, 5.74) is 1.93. The van der Waals surface area contributed by atoms with Crippen LogP contribution < -0.4 is 10.1 Å². The van der Waals surface area contributed by atoms with Crippen molar-refractivity contribution < 1.29 is 9.53 Å². The van der Waals surface area contributed by atoms with Gasteiger partial charge < -0.3 is 15.0 Å². The van der Waals surface area contributed by atoms with Gasteiger partial charge in [-0.1, -0.05) is 13.0 Å². The molecule has 1 saturated heterocycles. The van der Waals surface area contributed by atoms with Crippen LogP contribution in [0.1, 0.15) is 42.1 Å². The van der Waals surface area contributed by atoms with Gasteiger partial charge in [0, 0.05) is 30.5 Å². The third kappa shape index (κ3) is 4.48. The standard InChI is InChI=1S/C18H24N4O2S/c1-3-14-12-25-17(21-14)13-6-5-9-22(11-13)18(23)19-10-15-7-4-8-16(20-15)24-2/h4,7-8,12-13H,3,5-6,9-11H2,1-2H3,(H,19,23). The lowest BCUT2D eigenvalue weighted by Crippen LogP contribution is -2.44. The van der Waals surface area contributed by atoms with E-state index in [1.807, 2.05) is 17.0 Å². The third-order valence-electron chi connectivity index (χ3n) is 4.40. The van der Waals surface area contributed by atoms with Crippen LogP contribution in [0.5, 0.6) is 5.88 Å². The molecular formula is C18H24N4O2S. The number of pyridine rings is 1. The minimum absolute atomic E-state index is 0.0402. The summed E-state index contributed by atoms with van der Waals surface area (Å²) in [7, 11) is 1.58. The Kier molecular flexibility index (Phi) is 5.86. The molecule has 1 N–H and O–H groups in total. The van der Waals surface area contributed by atoms with Crippen molar-refractivity contribution >= 4 is 17.4 Å². The molecule has 0 aliphatic carbocycles. The summed E-state index contributed by atoms with van der Waals surface area (Å²) < 4.78 is 5.11. The van der Waals surface area contributed by atoms with Crippen LogP contribution in [0.3, 0.4) is 0 Å². The number of thiazole rings is 1. The first-order valence-corrected chi connectivity index (χ1v) is 9.54. The number of aryl methyl sites for hydroxylation is 1. The van der Waals surface area contributed by atoms with Crippen molar-refractivity contribution in [1.82, 2.24) is 20.2 Å². The zero-order valence-electron chi connectivity index (χ0n) is 14.7. The summed E-state index contributed by atoms with van der Waals surface area (Å²) in [6.07, 6.45) is 3.06. The van der Waals surface area contributed by atoms with E-state index in [2.05, 4.69) is 22.6 Å². The number of amides is 2. The average molecular weight is 360 g/mol. The number of methoxy groups -OCH3 is 1. The molecule has 1 aliphatic rings. The summed E-state index contributed by atoms with van der Waals surface area (Å²) in [4.78, 5) is 23.4. The molecule has 3 heterocycles. The van der Waals surface area contributed by atoms with Gasteiger partial charge in [-0.05, 0) is 25.3 Å². The molecule has 0 bridgehead atoms. The summed E-state index contributed by atoms with van der Waals surface area (Å²) in [5, 5.41) is 6.24. The molecule has 7 heteroatoms. The molecule has 134 valence electrons. The van der Waals surface area contributed by atoms with Crippen LogP contribution in [0.25, 0.3) is 0 Å². The number of hydrogen-bond donors (Lipinski definition) is 1. The highest BCUT2D eigenvalue weighted by Crippen LogP contribution is 2.29. The number of aromatic nitrogens is 2. The van der Waals surface area contributed by atoms with Gasteiger partial charge in [0.05, 0.1) is 30.1 Å². The highest BCUT2D eigenvalue weighted by Gasteiger charge is 2.26. The van der Waals surface area contributed by atoms with E-state index in [1.54, 1.807) is 24.5 Å². The van der Waals surface area contributed by atoms with E-state index in [-0.39, 0.29) is 6.03 Å². The quantitative estimate of drug-likeness (QED) is 0.889. The van der Waals surface area contributed by atoms with Gasteiger partial charge in [0.15, 0.2) is 0 Å². The second-order valence-electron chi connectivity index (χ2n) is 6.15. The molecular weight excluding hydrogens is 336 g/mol. The van der Waals surface area contributed by atoms with Crippen molar-refractivity contribution in [3.63, 3.8) is 0 Å². The monoisotopic (exact) mass is 360 g/mol. The second-order valence-corrected chi connectivity index (χ2v) is 7.04. The first kappa shape index (κ1) is 17.7. The summed E-state index contributed by atoms with van der Waals surface area (Å²) in [6, 6.07) is 5.50. The summed E-state index contributed by atoms with van der Waals surface area (Å²) in [6.45, 7) is 4.04. The number of nitrogens with zero attached hydrogens (tertiary/aromatic N) is 3. The van der Waals surface area contributed by atoms with Gasteiger partial charge in [-0.2, -0.15) is 0 Å². The van der Waals surface area contributed by atoms with Crippen molar-refractivity contribution in [1.29, 1.82) is 0 Å². The maximum absolute atomic E-state index is 12.5. The molecule has 0 saturated carbocycles. The van der Waals surface area contributed by atoms with Crippen LogP contribution in [0.15, 0.2) is 23.6 Å². The van der Waals surface area contributed by atoms with Crippen molar-refractivity contribution in [2.45, 2.75) is 38.6 Å². The van der Waals surface area contributed by atoms with Gasteiger partial charge in [0.25, 0.3) is 0 Å².